The molecule has 0 bridgehead atoms. The minimum atomic E-state index is -0.707. The molecule has 0 spiro atoms. The molecule has 4 nitrogen and oxygen atoms in total. The van der Waals surface area contributed by atoms with Gasteiger partial charge in [-0.1, -0.05) is 117 Å². The quantitative estimate of drug-likeness (QED) is 0.230. The average Bonchev–Trinajstić information content (AvgIpc) is 2.91. The summed E-state index contributed by atoms with van der Waals surface area (Å²) >= 11 is 0. The highest BCUT2D eigenvalue weighted by atomic mass is 16.5. The van der Waals surface area contributed by atoms with Crippen LogP contribution in [0.3, 0.4) is 0 Å². The Balaban J connectivity index is 1.66. The fraction of sp³-hybridized carbons (Fsp3) is 0.176. The zero-order valence-electron chi connectivity index (χ0n) is 22.0. The van der Waals surface area contributed by atoms with Crippen molar-refractivity contribution in [3.63, 3.8) is 0 Å². The van der Waals surface area contributed by atoms with Gasteiger partial charge >= 0.3 is 5.97 Å². The summed E-state index contributed by atoms with van der Waals surface area (Å²) in [4.78, 5) is 27.6. The first-order valence-corrected chi connectivity index (χ1v) is 12.7. The van der Waals surface area contributed by atoms with Crippen LogP contribution in [0.5, 0.6) is 5.75 Å². The maximum absolute atomic E-state index is 13.8. The summed E-state index contributed by atoms with van der Waals surface area (Å²) in [5.41, 5.74) is 4.31. The average molecular weight is 503 g/mol. The van der Waals surface area contributed by atoms with Gasteiger partial charge in [-0.3, -0.25) is 9.59 Å². The third kappa shape index (κ3) is 5.03. The van der Waals surface area contributed by atoms with Crippen LogP contribution in [-0.2, 0) is 10.2 Å². The van der Waals surface area contributed by atoms with E-state index in [2.05, 4.69) is 20.8 Å². The van der Waals surface area contributed by atoms with Gasteiger partial charge in [0, 0.05) is 5.56 Å². The maximum atomic E-state index is 13.8. The Kier molecular flexibility index (Phi) is 6.73. The highest BCUT2D eigenvalue weighted by Gasteiger charge is 2.28. The first kappa shape index (κ1) is 25.2. The zero-order valence-corrected chi connectivity index (χ0v) is 22.0. The second-order valence-corrected chi connectivity index (χ2v) is 10.6. The van der Waals surface area contributed by atoms with Crippen molar-refractivity contribution in [2.75, 3.05) is 0 Å². The van der Waals surface area contributed by atoms with Crippen molar-refractivity contribution < 1.29 is 13.9 Å². The molecule has 0 amide bonds. The maximum Gasteiger partial charge on any atom is 0.323 e. The number of rotatable bonds is 5. The summed E-state index contributed by atoms with van der Waals surface area (Å²) in [5, 5.41) is 0.374. The molecule has 190 valence electrons. The van der Waals surface area contributed by atoms with Gasteiger partial charge < -0.3 is 9.15 Å². The highest BCUT2D eigenvalue weighted by molar-refractivity contribution is 5.88. The van der Waals surface area contributed by atoms with Crippen LogP contribution in [0.25, 0.3) is 22.3 Å². The van der Waals surface area contributed by atoms with Gasteiger partial charge in [-0.2, -0.15) is 0 Å². The van der Waals surface area contributed by atoms with E-state index >= 15 is 0 Å². The lowest BCUT2D eigenvalue weighted by atomic mass is 9.86. The smallest absolute Gasteiger partial charge is 0.323 e. The fourth-order valence-corrected chi connectivity index (χ4v) is 4.61. The van der Waals surface area contributed by atoms with Crippen LogP contribution in [-0.4, -0.2) is 5.97 Å². The van der Waals surface area contributed by atoms with Crippen molar-refractivity contribution in [3.8, 4) is 17.1 Å². The number of hydrogen-bond donors (Lipinski definition) is 0. The van der Waals surface area contributed by atoms with Crippen LogP contribution in [0, 0.1) is 6.92 Å². The molecule has 5 aromatic rings. The molecule has 0 saturated carbocycles. The van der Waals surface area contributed by atoms with Gasteiger partial charge in [-0.05, 0) is 41.2 Å². The number of fused-ring (bicyclic) bond motifs is 1. The molecule has 4 heteroatoms. The molecule has 0 aliphatic heterocycles. The molecule has 1 heterocycles. The van der Waals surface area contributed by atoms with Crippen LogP contribution < -0.4 is 10.2 Å². The number of carbonyl (C=O) groups is 1. The van der Waals surface area contributed by atoms with Crippen molar-refractivity contribution in [1.82, 2.24) is 0 Å². The number of carbonyl (C=O) groups excluding carboxylic acids is 1. The first-order chi connectivity index (χ1) is 18.2. The number of hydrogen-bond acceptors (Lipinski definition) is 4. The van der Waals surface area contributed by atoms with Crippen molar-refractivity contribution in [2.45, 2.75) is 39.0 Å². The lowest BCUT2D eigenvalue weighted by Gasteiger charge is -2.20. The summed E-state index contributed by atoms with van der Waals surface area (Å²) in [6, 6.07) is 32.1. The third-order valence-corrected chi connectivity index (χ3v) is 6.72. The molecule has 5 rings (SSSR count). The van der Waals surface area contributed by atoms with Gasteiger partial charge in [-0.25, -0.2) is 0 Å². The number of ether oxygens (including phenoxy) is 1. The van der Waals surface area contributed by atoms with Gasteiger partial charge in [0.05, 0.1) is 5.39 Å². The number of benzene rings is 4. The van der Waals surface area contributed by atoms with E-state index in [1.54, 1.807) is 12.1 Å². The van der Waals surface area contributed by atoms with Gasteiger partial charge in [0.25, 0.3) is 0 Å². The van der Waals surface area contributed by atoms with Crippen LogP contribution in [0.1, 0.15) is 48.9 Å². The van der Waals surface area contributed by atoms with Crippen LogP contribution in [0.2, 0.25) is 0 Å². The third-order valence-electron chi connectivity index (χ3n) is 6.72. The molecule has 0 aliphatic carbocycles. The van der Waals surface area contributed by atoms with Crippen LogP contribution >= 0.6 is 0 Å². The first-order valence-electron chi connectivity index (χ1n) is 12.7. The molecule has 0 saturated heterocycles. The number of esters is 1. The Bertz CT molecular complexity index is 1600. The van der Waals surface area contributed by atoms with Crippen molar-refractivity contribution in [3.05, 3.63) is 136 Å². The van der Waals surface area contributed by atoms with Gasteiger partial charge in [0.2, 0.25) is 11.2 Å². The van der Waals surface area contributed by atoms with Gasteiger partial charge in [0.15, 0.2) is 5.76 Å². The lowest BCUT2D eigenvalue weighted by molar-refractivity contribution is -0.135. The topological polar surface area (TPSA) is 56.5 Å². The standard InChI is InChI=1S/C34H30O4/c1-22-15-20-28-27(21-22)30(35)32(31(37-28)25-16-18-26(19-17-25)34(2,3)4)38-33(36)29(23-11-7-5-8-12-23)24-13-9-6-10-14-24/h5-21,29H,1-4H3. The van der Waals surface area contributed by atoms with Crippen molar-refractivity contribution in [1.29, 1.82) is 0 Å². The second kappa shape index (κ2) is 10.1. The Morgan fingerprint density at radius 3 is 1.92 bits per heavy atom. The van der Waals surface area contributed by atoms with E-state index in [0.29, 0.717) is 16.5 Å². The Morgan fingerprint density at radius 2 is 1.37 bits per heavy atom. The molecule has 38 heavy (non-hydrogen) atoms. The predicted octanol–water partition coefficient (Wildman–Crippen LogP) is 7.80. The van der Waals surface area contributed by atoms with E-state index in [9.17, 15) is 9.59 Å². The second-order valence-electron chi connectivity index (χ2n) is 10.6. The Morgan fingerprint density at radius 1 is 0.789 bits per heavy atom. The largest absolute Gasteiger partial charge is 0.452 e. The van der Waals surface area contributed by atoms with E-state index in [0.717, 1.165) is 22.3 Å². The molecule has 0 fully saturated rings. The van der Waals surface area contributed by atoms with Crippen LogP contribution in [0.15, 0.2) is 112 Å². The van der Waals surface area contributed by atoms with E-state index in [1.165, 1.54) is 0 Å². The summed E-state index contributed by atoms with van der Waals surface area (Å²) in [7, 11) is 0. The molecule has 0 N–H and O–H groups in total. The zero-order chi connectivity index (χ0) is 26.9. The minimum absolute atomic E-state index is 0.0336. The molecule has 0 atom stereocenters. The molecular formula is C34H30O4. The van der Waals surface area contributed by atoms with Crippen LogP contribution in [0.4, 0.5) is 0 Å². The van der Waals surface area contributed by atoms with Gasteiger partial charge in [-0.15, -0.1) is 0 Å². The summed E-state index contributed by atoms with van der Waals surface area (Å²) < 4.78 is 12.3. The molecule has 1 aromatic heterocycles. The predicted molar refractivity (Wildman–Crippen MR) is 152 cm³/mol. The molecule has 4 aromatic carbocycles. The minimum Gasteiger partial charge on any atom is -0.452 e. The van der Waals surface area contributed by atoms with Crippen molar-refractivity contribution in [2.24, 2.45) is 0 Å². The normalized spacial score (nSPS) is 11.6. The van der Waals surface area contributed by atoms with E-state index in [4.69, 9.17) is 9.15 Å². The Labute approximate surface area is 222 Å². The summed E-state index contributed by atoms with van der Waals surface area (Å²) in [6.45, 7) is 8.33. The van der Waals surface area contributed by atoms with Gasteiger partial charge in [0.1, 0.15) is 11.5 Å². The molecule has 0 aliphatic rings. The highest BCUT2D eigenvalue weighted by Crippen LogP contribution is 2.35. The van der Waals surface area contributed by atoms with E-state index in [-0.39, 0.29) is 22.4 Å². The molecular weight excluding hydrogens is 472 g/mol. The van der Waals surface area contributed by atoms with Crippen molar-refractivity contribution >= 4 is 16.9 Å². The van der Waals surface area contributed by atoms with E-state index in [1.807, 2.05) is 97.9 Å². The fourth-order valence-electron chi connectivity index (χ4n) is 4.61. The lowest BCUT2D eigenvalue weighted by Crippen LogP contribution is -2.23. The Hall–Kier alpha value is -4.44. The monoisotopic (exact) mass is 502 g/mol. The van der Waals surface area contributed by atoms with E-state index < -0.39 is 11.9 Å². The summed E-state index contributed by atoms with van der Waals surface area (Å²) in [5.74, 6) is -1.12. The molecule has 0 radical (unpaired) electrons. The summed E-state index contributed by atoms with van der Waals surface area (Å²) in [6.07, 6.45) is 0. The molecule has 0 unspecified atom stereocenters. The number of aryl methyl sites for hydroxylation is 1. The SMILES string of the molecule is Cc1ccc2oc(-c3ccc(C(C)(C)C)cc3)c(OC(=O)C(c3ccccc3)c3ccccc3)c(=O)c2c1.